The fraction of sp³-hybridized carbons (Fsp3) is 0.364. The van der Waals surface area contributed by atoms with Gasteiger partial charge in [0.05, 0.1) is 6.42 Å². The van der Waals surface area contributed by atoms with Gasteiger partial charge >= 0.3 is 5.97 Å². The number of rotatable bonds is 5. The first-order valence-corrected chi connectivity index (χ1v) is 4.91. The van der Waals surface area contributed by atoms with E-state index in [1.165, 1.54) is 0 Å². The molecule has 1 aromatic rings. The highest BCUT2D eigenvalue weighted by Gasteiger charge is 2.11. The Morgan fingerprint density at radius 3 is 2.81 bits per heavy atom. The molecule has 0 aliphatic rings. The number of halogens is 2. The molecule has 0 aromatic heterocycles. The number of benzene rings is 1. The molecule has 3 nitrogen and oxygen atoms in total. The van der Waals surface area contributed by atoms with Gasteiger partial charge in [0.1, 0.15) is 11.6 Å². The third-order valence-electron chi connectivity index (χ3n) is 2.21. The zero-order valence-electron chi connectivity index (χ0n) is 8.84. The van der Waals surface area contributed by atoms with Gasteiger partial charge in [-0.25, -0.2) is 8.78 Å². The van der Waals surface area contributed by atoms with Crippen LogP contribution in [0.1, 0.15) is 24.9 Å². The van der Waals surface area contributed by atoms with Crippen LogP contribution >= 0.6 is 0 Å². The highest BCUT2D eigenvalue weighted by atomic mass is 19.1. The molecule has 0 fully saturated rings. The summed E-state index contributed by atoms with van der Waals surface area (Å²) in [6, 6.07) is 2.78. The monoisotopic (exact) mass is 229 g/mol. The number of carboxylic acids is 1. The first-order chi connectivity index (χ1) is 7.50. The number of hydrogen-bond acceptors (Lipinski definition) is 2. The summed E-state index contributed by atoms with van der Waals surface area (Å²) in [5, 5.41) is 11.2. The average Bonchev–Trinajstić information content (AvgIpc) is 2.21. The van der Waals surface area contributed by atoms with Crippen molar-refractivity contribution >= 4 is 5.97 Å². The first-order valence-electron chi connectivity index (χ1n) is 4.91. The quantitative estimate of drug-likeness (QED) is 0.812. The van der Waals surface area contributed by atoms with Gasteiger partial charge in [0, 0.05) is 18.2 Å². The summed E-state index contributed by atoms with van der Waals surface area (Å²) in [5.74, 6) is -1.94. The number of carbonyl (C=O) groups is 1. The minimum Gasteiger partial charge on any atom is -0.481 e. The van der Waals surface area contributed by atoms with Crippen molar-refractivity contribution in [2.75, 3.05) is 6.54 Å². The normalized spacial score (nSPS) is 12.4. The zero-order valence-corrected chi connectivity index (χ0v) is 8.84. The van der Waals surface area contributed by atoms with Crippen molar-refractivity contribution in [1.82, 2.24) is 5.32 Å². The Bertz CT molecular complexity index is 382. The van der Waals surface area contributed by atoms with Gasteiger partial charge in [-0.05, 0) is 25.1 Å². The third kappa shape index (κ3) is 3.58. The van der Waals surface area contributed by atoms with E-state index in [0.717, 1.165) is 18.2 Å². The summed E-state index contributed by atoms with van der Waals surface area (Å²) < 4.78 is 26.2. The summed E-state index contributed by atoms with van der Waals surface area (Å²) in [6.07, 6.45) is -0.0543. The molecular weight excluding hydrogens is 216 g/mol. The van der Waals surface area contributed by atoms with Gasteiger partial charge in [-0.15, -0.1) is 0 Å². The second kappa shape index (κ2) is 5.55. The van der Waals surface area contributed by atoms with Crippen molar-refractivity contribution in [2.24, 2.45) is 0 Å². The maximum Gasteiger partial charge on any atom is 0.304 e. The molecule has 0 bridgehead atoms. The molecule has 16 heavy (non-hydrogen) atoms. The van der Waals surface area contributed by atoms with Gasteiger partial charge < -0.3 is 10.4 Å². The Balaban J connectivity index is 2.61. The molecular formula is C11H13F2NO2. The number of carboxylic acid groups (broad SMARTS) is 1. The van der Waals surface area contributed by atoms with Crippen LogP contribution in [-0.2, 0) is 4.79 Å². The first kappa shape index (κ1) is 12.6. The maximum atomic E-state index is 13.3. The lowest BCUT2D eigenvalue weighted by Crippen LogP contribution is -2.22. The van der Waals surface area contributed by atoms with Crippen molar-refractivity contribution < 1.29 is 18.7 Å². The summed E-state index contributed by atoms with van der Waals surface area (Å²) in [7, 11) is 0. The van der Waals surface area contributed by atoms with Crippen LogP contribution in [0.4, 0.5) is 8.78 Å². The van der Waals surface area contributed by atoms with Crippen molar-refractivity contribution in [1.29, 1.82) is 0 Å². The molecule has 0 spiro atoms. The van der Waals surface area contributed by atoms with Gasteiger partial charge in [-0.3, -0.25) is 4.79 Å². The van der Waals surface area contributed by atoms with Gasteiger partial charge in [0.2, 0.25) is 0 Å². The maximum absolute atomic E-state index is 13.3. The molecule has 0 radical (unpaired) electrons. The van der Waals surface area contributed by atoms with Crippen molar-refractivity contribution in [3.8, 4) is 0 Å². The summed E-state index contributed by atoms with van der Waals surface area (Å²) in [4.78, 5) is 10.3. The van der Waals surface area contributed by atoms with Crippen LogP contribution in [0.5, 0.6) is 0 Å². The van der Waals surface area contributed by atoms with Crippen LogP contribution < -0.4 is 5.32 Å². The molecule has 1 rings (SSSR count). The Kier molecular flexibility index (Phi) is 4.37. The Hall–Kier alpha value is -1.49. The number of aliphatic carboxylic acids is 1. The van der Waals surface area contributed by atoms with Gasteiger partial charge in [0.25, 0.3) is 0 Å². The van der Waals surface area contributed by atoms with E-state index in [1.54, 1.807) is 6.92 Å². The highest BCUT2D eigenvalue weighted by Crippen LogP contribution is 2.17. The fourth-order valence-electron chi connectivity index (χ4n) is 1.35. The summed E-state index contributed by atoms with van der Waals surface area (Å²) in [6.45, 7) is 1.87. The van der Waals surface area contributed by atoms with Gasteiger partial charge in [-0.1, -0.05) is 0 Å². The van der Waals surface area contributed by atoms with Crippen molar-refractivity contribution in [3.63, 3.8) is 0 Å². The largest absolute Gasteiger partial charge is 0.481 e. The van der Waals surface area contributed by atoms with Crippen LogP contribution in [0.15, 0.2) is 18.2 Å². The van der Waals surface area contributed by atoms with Crippen LogP contribution in [0, 0.1) is 11.6 Å². The standard InChI is InChI=1S/C11H13F2NO2/c1-7(14-5-4-11(15)16)9-6-8(12)2-3-10(9)13/h2-3,6-7,14H,4-5H2,1H3,(H,15,16). The predicted octanol–water partition coefficient (Wildman–Crippen LogP) is 2.09. The van der Waals surface area contributed by atoms with E-state index >= 15 is 0 Å². The van der Waals surface area contributed by atoms with E-state index in [9.17, 15) is 13.6 Å². The second-order valence-corrected chi connectivity index (χ2v) is 3.49. The minimum atomic E-state index is -0.931. The number of hydrogen-bond donors (Lipinski definition) is 2. The minimum absolute atomic E-state index is 0.0543. The van der Waals surface area contributed by atoms with Gasteiger partial charge in [0.15, 0.2) is 0 Å². The second-order valence-electron chi connectivity index (χ2n) is 3.49. The smallest absolute Gasteiger partial charge is 0.304 e. The summed E-state index contributed by atoms with van der Waals surface area (Å²) in [5.41, 5.74) is 0.199. The van der Waals surface area contributed by atoms with E-state index in [0.29, 0.717) is 0 Å². The zero-order chi connectivity index (χ0) is 12.1. The molecule has 0 amide bonds. The van der Waals surface area contributed by atoms with E-state index in [1.807, 2.05) is 0 Å². The van der Waals surface area contributed by atoms with Gasteiger partial charge in [-0.2, -0.15) is 0 Å². The SMILES string of the molecule is CC(NCCC(=O)O)c1cc(F)ccc1F. The highest BCUT2D eigenvalue weighted by molar-refractivity contribution is 5.66. The Morgan fingerprint density at radius 2 is 2.19 bits per heavy atom. The van der Waals surface area contributed by atoms with Crippen LogP contribution in [0.3, 0.4) is 0 Å². The molecule has 0 saturated heterocycles. The average molecular weight is 229 g/mol. The Labute approximate surface area is 92.1 Å². The van der Waals surface area contributed by atoms with E-state index in [2.05, 4.69) is 5.32 Å². The fourth-order valence-corrected chi connectivity index (χ4v) is 1.35. The lowest BCUT2D eigenvalue weighted by atomic mass is 10.1. The van der Waals surface area contributed by atoms with Crippen LogP contribution in [0.2, 0.25) is 0 Å². The van der Waals surface area contributed by atoms with E-state index < -0.39 is 23.6 Å². The molecule has 0 aliphatic heterocycles. The molecule has 5 heteroatoms. The number of nitrogens with one attached hydrogen (secondary N) is 1. The van der Waals surface area contributed by atoms with Crippen LogP contribution in [0.25, 0.3) is 0 Å². The molecule has 88 valence electrons. The molecule has 0 aliphatic carbocycles. The van der Waals surface area contributed by atoms with Crippen molar-refractivity contribution in [2.45, 2.75) is 19.4 Å². The summed E-state index contributed by atoms with van der Waals surface area (Å²) >= 11 is 0. The van der Waals surface area contributed by atoms with Crippen LogP contribution in [-0.4, -0.2) is 17.6 Å². The molecule has 1 unspecified atom stereocenters. The third-order valence-corrected chi connectivity index (χ3v) is 2.21. The Morgan fingerprint density at radius 1 is 1.50 bits per heavy atom. The lowest BCUT2D eigenvalue weighted by molar-refractivity contribution is -0.136. The molecule has 1 aromatic carbocycles. The predicted molar refractivity (Wildman–Crippen MR) is 55.0 cm³/mol. The van der Waals surface area contributed by atoms with Crippen molar-refractivity contribution in [3.05, 3.63) is 35.4 Å². The molecule has 2 N–H and O–H groups in total. The van der Waals surface area contributed by atoms with E-state index in [4.69, 9.17) is 5.11 Å². The molecule has 1 atom stereocenters. The molecule has 0 heterocycles. The molecule has 0 saturated carbocycles. The van der Waals surface area contributed by atoms with E-state index in [-0.39, 0.29) is 18.5 Å². The topological polar surface area (TPSA) is 49.3 Å². The lowest BCUT2D eigenvalue weighted by Gasteiger charge is -2.14.